The van der Waals surface area contributed by atoms with Gasteiger partial charge in [-0.25, -0.2) is 0 Å². The number of carbonyl (C=O) groups excluding carboxylic acids is 1. The first-order valence-corrected chi connectivity index (χ1v) is 9.97. The lowest BCUT2D eigenvalue weighted by Gasteiger charge is -2.22. The summed E-state index contributed by atoms with van der Waals surface area (Å²) in [5, 5.41) is 2.54. The fourth-order valence-electron chi connectivity index (χ4n) is 3.68. The number of halogens is 1. The Hall–Kier alpha value is -2.55. The molecule has 0 spiro atoms. The third kappa shape index (κ3) is 2.60. The molecule has 0 N–H and O–H groups in total. The van der Waals surface area contributed by atoms with E-state index in [0.29, 0.717) is 16.1 Å². The van der Waals surface area contributed by atoms with Crippen LogP contribution in [-0.4, -0.2) is 5.78 Å². The summed E-state index contributed by atoms with van der Waals surface area (Å²) in [5.41, 5.74) is 4.80. The average molecular weight is 387 g/mol. The molecular formula is C24H15ClOS. The van der Waals surface area contributed by atoms with Gasteiger partial charge in [0.15, 0.2) is 5.78 Å². The molecule has 0 aliphatic carbocycles. The molecule has 130 valence electrons. The number of benzene rings is 4. The van der Waals surface area contributed by atoms with Gasteiger partial charge < -0.3 is 0 Å². The third-order valence-corrected chi connectivity index (χ3v) is 6.48. The predicted octanol–water partition coefficient (Wildman–Crippen LogP) is 7.16. The molecule has 0 radical (unpaired) electrons. The maximum atomic E-state index is 13.2. The maximum Gasteiger partial charge on any atom is 0.193 e. The quantitative estimate of drug-likeness (QED) is 0.299. The molecule has 27 heavy (non-hydrogen) atoms. The van der Waals surface area contributed by atoms with Crippen LogP contribution in [0.5, 0.6) is 0 Å². The molecule has 0 atom stereocenters. The van der Waals surface area contributed by atoms with Crippen molar-refractivity contribution in [2.24, 2.45) is 0 Å². The lowest BCUT2D eigenvalue weighted by atomic mass is 9.92. The standard InChI is InChI=1S/C24H15ClOS/c1-14-6-8-15(9-7-14)24(26)18-11-13-21-23-17(10-12-19(25)22(18)23)16-4-2-3-5-20(16)27-21/h2-13H,1H3. The van der Waals surface area contributed by atoms with Crippen LogP contribution in [0, 0.1) is 6.92 Å². The summed E-state index contributed by atoms with van der Waals surface area (Å²) in [6, 6.07) is 24.0. The molecule has 3 heteroatoms. The van der Waals surface area contributed by atoms with Gasteiger partial charge >= 0.3 is 0 Å². The van der Waals surface area contributed by atoms with E-state index in [9.17, 15) is 4.79 Å². The Kier molecular flexibility index (Phi) is 3.85. The second-order valence-corrected chi connectivity index (χ2v) is 8.24. The first kappa shape index (κ1) is 16.6. The maximum absolute atomic E-state index is 13.2. The number of hydrogen-bond acceptors (Lipinski definition) is 2. The number of carbonyl (C=O) groups is 1. The summed E-state index contributed by atoms with van der Waals surface area (Å²) in [6.07, 6.45) is 0. The fraction of sp³-hybridized carbons (Fsp3) is 0.0417. The molecule has 0 saturated carbocycles. The van der Waals surface area contributed by atoms with Crippen molar-refractivity contribution in [1.29, 1.82) is 0 Å². The van der Waals surface area contributed by atoms with E-state index in [-0.39, 0.29) is 5.78 Å². The van der Waals surface area contributed by atoms with Gasteiger partial charge in [-0.3, -0.25) is 4.79 Å². The van der Waals surface area contributed by atoms with Crippen molar-refractivity contribution in [3.63, 3.8) is 0 Å². The average Bonchev–Trinajstić information content (AvgIpc) is 2.70. The van der Waals surface area contributed by atoms with E-state index in [1.807, 2.05) is 55.5 Å². The fourth-order valence-corrected chi connectivity index (χ4v) is 5.06. The Morgan fingerprint density at radius 3 is 2.37 bits per heavy atom. The zero-order chi connectivity index (χ0) is 18.5. The van der Waals surface area contributed by atoms with Gasteiger partial charge in [-0.15, -0.1) is 0 Å². The van der Waals surface area contributed by atoms with Crippen molar-refractivity contribution in [2.45, 2.75) is 16.7 Å². The van der Waals surface area contributed by atoms with Gasteiger partial charge in [0.05, 0.1) is 0 Å². The summed E-state index contributed by atoms with van der Waals surface area (Å²) in [4.78, 5) is 15.6. The number of rotatable bonds is 2. The van der Waals surface area contributed by atoms with Crippen molar-refractivity contribution in [1.82, 2.24) is 0 Å². The van der Waals surface area contributed by atoms with Gasteiger partial charge in [0, 0.05) is 36.7 Å². The summed E-state index contributed by atoms with van der Waals surface area (Å²) in [6.45, 7) is 2.02. The van der Waals surface area contributed by atoms with Gasteiger partial charge in [0.25, 0.3) is 0 Å². The number of hydrogen-bond donors (Lipinski definition) is 0. The molecule has 0 amide bonds. The Morgan fingerprint density at radius 1 is 0.778 bits per heavy atom. The van der Waals surface area contributed by atoms with Gasteiger partial charge in [0.1, 0.15) is 0 Å². The molecule has 4 aromatic rings. The van der Waals surface area contributed by atoms with Crippen LogP contribution in [0.3, 0.4) is 0 Å². The van der Waals surface area contributed by atoms with E-state index >= 15 is 0 Å². The van der Waals surface area contributed by atoms with Crippen LogP contribution in [-0.2, 0) is 0 Å². The highest BCUT2D eigenvalue weighted by Gasteiger charge is 2.23. The first-order valence-electron chi connectivity index (χ1n) is 8.77. The van der Waals surface area contributed by atoms with Crippen LogP contribution in [0.2, 0.25) is 5.02 Å². The van der Waals surface area contributed by atoms with Crippen LogP contribution < -0.4 is 0 Å². The highest BCUT2D eigenvalue weighted by Crippen LogP contribution is 2.49. The smallest absolute Gasteiger partial charge is 0.193 e. The minimum Gasteiger partial charge on any atom is -0.289 e. The Balaban J connectivity index is 1.80. The van der Waals surface area contributed by atoms with Gasteiger partial charge in [-0.2, -0.15) is 0 Å². The van der Waals surface area contributed by atoms with Crippen molar-refractivity contribution in [3.8, 4) is 11.1 Å². The van der Waals surface area contributed by atoms with Crippen molar-refractivity contribution < 1.29 is 4.79 Å². The first-order chi connectivity index (χ1) is 13.1. The van der Waals surface area contributed by atoms with Crippen LogP contribution in [0.15, 0.2) is 82.6 Å². The van der Waals surface area contributed by atoms with E-state index in [1.54, 1.807) is 11.8 Å². The van der Waals surface area contributed by atoms with Crippen molar-refractivity contribution in [3.05, 3.63) is 94.5 Å². The summed E-state index contributed by atoms with van der Waals surface area (Å²) < 4.78 is 0. The monoisotopic (exact) mass is 386 g/mol. The van der Waals surface area contributed by atoms with E-state index in [4.69, 9.17) is 11.6 Å². The van der Waals surface area contributed by atoms with Crippen LogP contribution >= 0.6 is 23.4 Å². The van der Waals surface area contributed by atoms with E-state index in [1.165, 1.54) is 10.5 Å². The molecular weight excluding hydrogens is 372 g/mol. The van der Waals surface area contributed by atoms with Gasteiger partial charge in [-0.1, -0.05) is 77.5 Å². The third-order valence-electron chi connectivity index (χ3n) is 5.03. The lowest BCUT2D eigenvalue weighted by molar-refractivity contribution is 0.104. The number of ketones is 1. The predicted molar refractivity (Wildman–Crippen MR) is 113 cm³/mol. The van der Waals surface area contributed by atoms with Gasteiger partial charge in [0.2, 0.25) is 0 Å². The Morgan fingerprint density at radius 2 is 1.56 bits per heavy atom. The van der Waals surface area contributed by atoms with E-state index in [2.05, 4.69) is 24.3 Å². The van der Waals surface area contributed by atoms with Gasteiger partial charge in [-0.05, 0) is 42.3 Å². The number of aryl methyl sites for hydroxylation is 1. The minimum atomic E-state index is 0.00413. The molecule has 0 fully saturated rings. The van der Waals surface area contributed by atoms with Crippen LogP contribution in [0.1, 0.15) is 21.5 Å². The molecule has 0 saturated heterocycles. The van der Waals surface area contributed by atoms with Crippen molar-refractivity contribution in [2.75, 3.05) is 0 Å². The highest BCUT2D eigenvalue weighted by atomic mass is 35.5. The second-order valence-electron chi connectivity index (χ2n) is 6.75. The van der Waals surface area contributed by atoms with E-state index in [0.717, 1.165) is 26.8 Å². The zero-order valence-corrected chi connectivity index (χ0v) is 16.2. The number of fused-ring (bicyclic) bond motifs is 2. The van der Waals surface area contributed by atoms with E-state index < -0.39 is 0 Å². The van der Waals surface area contributed by atoms with Crippen molar-refractivity contribution >= 4 is 39.9 Å². The molecule has 0 aromatic heterocycles. The summed E-state index contributed by atoms with van der Waals surface area (Å²) in [5.74, 6) is 0.00413. The molecule has 5 rings (SSSR count). The molecule has 1 aliphatic heterocycles. The zero-order valence-electron chi connectivity index (χ0n) is 14.6. The Bertz CT molecular complexity index is 1230. The molecule has 4 aromatic carbocycles. The SMILES string of the molecule is Cc1ccc(C(=O)c2ccc3c4c(ccc(Cl)c24)-c2ccccc2S3)cc1. The molecule has 1 aliphatic rings. The second kappa shape index (κ2) is 6.26. The topological polar surface area (TPSA) is 17.1 Å². The summed E-state index contributed by atoms with van der Waals surface area (Å²) >= 11 is 8.34. The molecule has 1 heterocycles. The van der Waals surface area contributed by atoms with Crippen LogP contribution in [0.4, 0.5) is 0 Å². The van der Waals surface area contributed by atoms with Crippen LogP contribution in [0.25, 0.3) is 21.9 Å². The molecule has 0 bridgehead atoms. The molecule has 1 nitrogen and oxygen atoms in total. The highest BCUT2D eigenvalue weighted by molar-refractivity contribution is 7.99. The Labute approximate surface area is 167 Å². The lowest BCUT2D eigenvalue weighted by Crippen LogP contribution is -2.04. The largest absolute Gasteiger partial charge is 0.289 e. The minimum absolute atomic E-state index is 0.00413. The summed E-state index contributed by atoms with van der Waals surface area (Å²) in [7, 11) is 0. The molecule has 0 unspecified atom stereocenters. The normalized spacial score (nSPS) is 12.1.